The van der Waals surface area contributed by atoms with E-state index in [0.717, 1.165) is 48.2 Å². The van der Waals surface area contributed by atoms with Crippen LogP contribution < -0.4 is 4.74 Å². The van der Waals surface area contributed by atoms with Gasteiger partial charge in [-0.2, -0.15) is 0 Å². The summed E-state index contributed by atoms with van der Waals surface area (Å²) in [4.78, 5) is 0. The van der Waals surface area contributed by atoms with Gasteiger partial charge in [-0.15, -0.1) is 0 Å². The molecule has 0 bridgehead atoms. The largest absolute Gasteiger partial charge is 0.494 e. The molecule has 1 heteroatoms. The normalized spacial score (nSPS) is 18.1. The average Bonchev–Trinajstić information content (AvgIpc) is 2.84. The second-order valence-corrected chi connectivity index (χ2v) is 9.52. The van der Waals surface area contributed by atoms with Gasteiger partial charge in [0.15, 0.2) is 0 Å². The standard InChI is InChI=1S/C31H42O/c1-3-5-7-8-9-10-26-13-19-29(20-14-26)30-21-15-27(16-22-30)11-12-28-17-23-31(24-18-28)32-25-6-4-2/h15-18,21-24,26,29H,3-10,13-14,19-20,25H2,1-2H3/t26-,29-. The third-order valence-corrected chi connectivity index (χ3v) is 6.92. The maximum atomic E-state index is 5.73. The van der Waals surface area contributed by atoms with E-state index in [0.29, 0.717) is 0 Å². The van der Waals surface area contributed by atoms with Crippen molar-refractivity contribution < 1.29 is 4.74 Å². The Hall–Kier alpha value is -2.20. The molecular weight excluding hydrogens is 388 g/mol. The van der Waals surface area contributed by atoms with Crippen LogP contribution >= 0.6 is 0 Å². The Morgan fingerprint density at radius 2 is 1.28 bits per heavy atom. The van der Waals surface area contributed by atoms with Crippen molar-refractivity contribution in [3.63, 3.8) is 0 Å². The molecule has 1 fully saturated rings. The monoisotopic (exact) mass is 430 g/mol. The molecular formula is C31H42O. The molecule has 0 amide bonds. The van der Waals surface area contributed by atoms with Crippen LogP contribution in [0.5, 0.6) is 5.75 Å². The number of ether oxygens (including phenoxy) is 1. The van der Waals surface area contributed by atoms with Crippen molar-refractivity contribution >= 4 is 0 Å². The highest BCUT2D eigenvalue weighted by Gasteiger charge is 2.21. The minimum atomic E-state index is 0.744. The van der Waals surface area contributed by atoms with E-state index < -0.39 is 0 Å². The zero-order valence-corrected chi connectivity index (χ0v) is 20.4. The highest BCUT2D eigenvalue weighted by Crippen LogP contribution is 2.37. The fourth-order valence-corrected chi connectivity index (χ4v) is 4.77. The van der Waals surface area contributed by atoms with Gasteiger partial charge in [-0.05, 0) is 85.9 Å². The first-order chi connectivity index (χ1) is 15.8. The van der Waals surface area contributed by atoms with Gasteiger partial charge in [0.2, 0.25) is 0 Å². The minimum absolute atomic E-state index is 0.744. The van der Waals surface area contributed by atoms with E-state index in [1.807, 2.05) is 24.3 Å². The van der Waals surface area contributed by atoms with Gasteiger partial charge in [-0.25, -0.2) is 0 Å². The molecule has 1 saturated carbocycles. The Morgan fingerprint density at radius 3 is 1.91 bits per heavy atom. The van der Waals surface area contributed by atoms with Crippen molar-refractivity contribution in [3.05, 3.63) is 65.2 Å². The molecule has 0 atom stereocenters. The number of benzene rings is 2. The maximum Gasteiger partial charge on any atom is 0.119 e. The summed E-state index contributed by atoms with van der Waals surface area (Å²) in [5.41, 5.74) is 3.63. The van der Waals surface area contributed by atoms with Crippen LogP contribution in [0.15, 0.2) is 48.5 Å². The van der Waals surface area contributed by atoms with E-state index in [2.05, 4.69) is 50.0 Å². The Bertz CT molecular complexity index is 814. The summed E-state index contributed by atoms with van der Waals surface area (Å²) < 4.78 is 5.73. The summed E-state index contributed by atoms with van der Waals surface area (Å²) in [7, 11) is 0. The lowest BCUT2D eigenvalue weighted by Gasteiger charge is -2.29. The van der Waals surface area contributed by atoms with Gasteiger partial charge < -0.3 is 4.74 Å². The third kappa shape index (κ3) is 8.38. The molecule has 1 aliphatic carbocycles. The van der Waals surface area contributed by atoms with Crippen LogP contribution in [0, 0.1) is 17.8 Å². The first-order valence-corrected chi connectivity index (χ1v) is 13.1. The van der Waals surface area contributed by atoms with Crippen LogP contribution in [-0.2, 0) is 0 Å². The van der Waals surface area contributed by atoms with Crippen LogP contribution in [0.25, 0.3) is 0 Å². The Labute approximate surface area is 197 Å². The molecule has 0 N–H and O–H groups in total. The van der Waals surface area contributed by atoms with E-state index in [4.69, 9.17) is 4.74 Å². The summed E-state index contributed by atoms with van der Waals surface area (Å²) in [6.07, 6.45) is 16.3. The van der Waals surface area contributed by atoms with Crippen molar-refractivity contribution in [2.24, 2.45) is 5.92 Å². The maximum absolute atomic E-state index is 5.73. The molecule has 0 saturated heterocycles. The molecule has 2 aromatic rings. The molecule has 0 spiro atoms. The summed E-state index contributed by atoms with van der Waals surface area (Å²) in [6.45, 7) is 5.26. The first kappa shape index (κ1) is 24.4. The van der Waals surface area contributed by atoms with Gasteiger partial charge in [0.05, 0.1) is 6.61 Å². The number of hydrogen-bond donors (Lipinski definition) is 0. The van der Waals surface area contributed by atoms with E-state index in [1.54, 1.807) is 0 Å². The summed E-state index contributed by atoms with van der Waals surface area (Å²) >= 11 is 0. The number of hydrogen-bond acceptors (Lipinski definition) is 1. The molecule has 172 valence electrons. The Balaban J connectivity index is 1.43. The molecule has 0 unspecified atom stereocenters. The highest BCUT2D eigenvalue weighted by atomic mass is 16.5. The van der Waals surface area contributed by atoms with Crippen molar-refractivity contribution in [3.8, 4) is 17.6 Å². The molecule has 1 nitrogen and oxygen atoms in total. The van der Waals surface area contributed by atoms with Gasteiger partial charge >= 0.3 is 0 Å². The van der Waals surface area contributed by atoms with Crippen molar-refractivity contribution in [2.45, 2.75) is 96.8 Å². The second-order valence-electron chi connectivity index (χ2n) is 9.52. The van der Waals surface area contributed by atoms with Gasteiger partial charge in [-0.3, -0.25) is 0 Å². The predicted octanol–water partition coefficient (Wildman–Crippen LogP) is 8.90. The van der Waals surface area contributed by atoms with E-state index in [-0.39, 0.29) is 0 Å². The quantitative estimate of drug-likeness (QED) is 0.255. The molecule has 0 aliphatic heterocycles. The summed E-state index contributed by atoms with van der Waals surface area (Å²) in [5.74, 6) is 9.25. The highest BCUT2D eigenvalue weighted by molar-refractivity contribution is 5.45. The predicted molar refractivity (Wildman–Crippen MR) is 137 cm³/mol. The SMILES string of the molecule is CCCCCCC[C@H]1CC[C@H](c2ccc(C#Cc3ccc(OCCCC)cc3)cc2)CC1. The molecule has 0 heterocycles. The first-order valence-electron chi connectivity index (χ1n) is 13.1. The van der Waals surface area contributed by atoms with Crippen molar-refractivity contribution in [1.82, 2.24) is 0 Å². The summed E-state index contributed by atoms with van der Waals surface area (Å²) in [6, 6.07) is 17.1. The molecule has 3 rings (SSSR count). The number of unbranched alkanes of at least 4 members (excludes halogenated alkanes) is 5. The van der Waals surface area contributed by atoms with Crippen LogP contribution in [-0.4, -0.2) is 6.61 Å². The van der Waals surface area contributed by atoms with E-state index >= 15 is 0 Å². The lowest BCUT2D eigenvalue weighted by Crippen LogP contribution is -2.13. The van der Waals surface area contributed by atoms with Crippen molar-refractivity contribution in [1.29, 1.82) is 0 Å². The van der Waals surface area contributed by atoms with Crippen molar-refractivity contribution in [2.75, 3.05) is 6.61 Å². The Kier molecular flexibility index (Phi) is 10.7. The van der Waals surface area contributed by atoms with Gasteiger partial charge in [-0.1, -0.05) is 82.8 Å². The average molecular weight is 431 g/mol. The van der Waals surface area contributed by atoms with Crippen LogP contribution in [0.3, 0.4) is 0 Å². The smallest absolute Gasteiger partial charge is 0.119 e. The zero-order chi connectivity index (χ0) is 22.4. The van der Waals surface area contributed by atoms with E-state index in [1.165, 1.54) is 69.8 Å². The number of rotatable bonds is 11. The topological polar surface area (TPSA) is 9.23 Å². The third-order valence-electron chi connectivity index (χ3n) is 6.92. The molecule has 1 aliphatic rings. The molecule has 0 radical (unpaired) electrons. The molecule has 0 aromatic heterocycles. The fourth-order valence-electron chi connectivity index (χ4n) is 4.77. The van der Waals surface area contributed by atoms with Crippen LogP contribution in [0.2, 0.25) is 0 Å². The van der Waals surface area contributed by atoms with Gasteiger partial charge in [0.1, 0.15) is 5.75 Å². The van der Waals surface area contributed by atoms with Crippen LogP contribution in [0.1, 0.15) is 114 Å². The Morgan fingerprint density at radius 1 is 0.688 bits per heavy atom. The summed E-state index contributed by atoms with van der Waals surface area (Å²) in [5, 5.41) is 0. The van der Waals surface area contributed by atoms with Crippen LogP contribution in [0.4, 0.5) is 0 Å². The van der Waals surface area contributed by atoms with Gasteiger partial charge in [0.25, 0.3) is 0 Å². The molecule has 2 aromatic carbocycles. The van der Waals surface area contributed by atoms with Gasteiger partial charge in [0, 0.05) is 11.1 Å². The fraction of sp³-hybridized carbons (Fsp3) is 0.548. The lowest BCUT2D eigenvalue weighted by atomic mass is 9.77. The molecule has 32 heavy (non-hydrogen) atoms. The zero-order valence-electron chi connectivity index (χ0n) is 20.4. The van der Waals surface area contributed by atoms with E-state index in [9.17, 15) is 0 Å². The minimum Gasteiger partial charge on any atom is -0.494 e. The lowest BCUT2D eigenvalue weighted by molar-refractivity contribution is 0.302. The second kappa shape index (κ2) is 14.1.